The second-order valence-electron chi connectivity index (χ2n) is 5.90. The number of imidazole rings is 1. The van der Waals surface area contributed by atoms with Gasteiger partial charge in [0.25, 0.3) is 0 Å². The van der Waals surface area contributed by atoms with Crippen LogP contribution in [0, 0.1) is 0 Å². The van der Waals surface area contributed by atoms with Crippen LogP contribution in [0.1, 0.15) is 51.0 Å². The van der Waals surface area contributed by atoms with Crippen molar-refractivity contribution in [3.63, 3.8) is 0 Å². The van der Waals surface area contributed by atoms with E-state index < -0.39 is 0 Å². The van der Waals surface area contributed by atoms with Gasteiger partial charge in [-0.25, -0.2) is 9.13 Å². The van der Waals surface area contributed by atoms with Crippen molar-refractivity contribution in [1.29, 1.82) is 0 Å². The molecule has 0 amide bonds. The lowest BCUT2D eigenvalue weighted by Gasteiger charge is -2.01. The van der Waals surface area contributed by atoms with Crippen LogP contribution >= 0.6 is 0 Å². The quantitative estimate of drug-likeness (QED) is 0.447. The molecule has 0 unspecified atom stereocenters. The van der Waals surface area contributed by atoms with Gasteiger partial charge in [-0.05, 0) is 18.4 Å². The summed E-state index contributed by atoms with van der Waals surface area (Å²) in [5.74, 6) is 0. The van der Waals surface area contributed by atoms with Gasteiger partial charge >= 0.3 is 0 Å². The van der Waals surface area contributed by atoms with Crippen LogP contribution in [-0.4, -0.2) is 4.57 Å². The largest absolute Gasteiger partial charge is 0.337 e. The lowest BCUT2D eigenvalue weighted by atomic mass is 10.1. The summed E-state index contributed by atoms with van der Waals surface area (Å²) in [6, 6.07) is 10.3. The highest BCUT2D eigenvalue weighted by Gasteiger charge is 2.03. The Morgan fingerprint density at radius 1 is 1.00 bits per heavy atom. The van der Waals surface area contributed by atoms with Gasteiger partial charge in [0.05, 0.1) is 13.2 Å². The van der Waals surface area contributed by atoms with Gasteiger partial charge < -0.3 is 4.74 Å². The number of nitrogens with zero attached hydrogens (tertiary/aromatic N) is 2. The molecule has 0 saturated carbocycles. The fourth-order valence-electron chi connectivity index (χ4n) is 2.57. The molecular weight excluding hydrogens is 272 g/mol. The maximum absolute atomic E-state index is 5.74. The van der Waals surface area contributed by atoms with E-state index in [0.717, 1.165) is 6.54 Å². The first-order valence-electron chi connectivity index (χ1n) is 8.55. The van der Waals surface area contributed by atoms with Crippen LogP contribution in [0.25, 0.3) is 0 Å². The normalized spacial score (nSPS) is 11.0. The molecule has 2 rings (SSSR count). The van der Waals surface area contributed by atoms with E-state index >= 15 is 0 Å². The monoisotopic (exact) mass is 301 g/mol. The van der Waals surface area contributed by atoms with E-state index in [1.807, 2.05) is 18.2 Å². The van der Waals surface area contributed by atoms with Crippen LogP contribution in [0.4, 0.5) is 0 Å². The van der Waals surface area contributed by atoms with Crippen molar-refractivity contribution in [3.05, 3.63) is 54.6 Å². The number of benzene rings is 1. The van der Waals surface area contributed by atoms with E-state index in [2.05, 4.69) is 46.9 Å². The summed E-state index contributed by atoms with van der Waals surface area (Å²) in [5.41, 5.74) is 1.22. The molecule has 1 aromatic heterocycles. The number of hydrogen-bond acceptors (Lipinski definition) is 1. The van der Waals surface area contributed by atoms with Crippen LogP contribution in [0.2, 0.25) is 0 Å². The fraction of sp³-hybridized carbons (Fsp3) is 0.526. The van der Waals surface area contributed by atoms with Crippen LogP contribution in [-0.2, 0) is 24.6 Å². The van der Waals surface area contributed by atoms with Crippen molar-refractivity contribution in [3.8, 4) is 0 Å². The molecule has 0 N–H and O–H groups in total. The van der Waals surface area contributed by atoms with Gasteiger partial charge in [0.15, 0.2) is 6.73 Å². The molecule has 0 aliphatic heterocycles. The van der Waals surface area contributed by atoms with Crippen molar-refractivity contribution in [2.24, 2.45) is 0 Å². The van der Waals surface area contributed by atoms with Gasteiger partial charge in [-0.15, -0.1) is 0 Å². The van der Waals surface area contributed by atoms with E-state index in [1.54, 1.807) is 0 Å². The molecule has 1 heterocycles. The van der Waals surface area contributed by atoms with Crippen molar-refractivity contribution in [1.82, 2.24) is 4.57 Å². The summed E-state index contributed by atoms with van der Waals surface area (Å²) >= 11 is 0. The minimum atomic E-state index is 0.610. The summed E-state index contributed by atoms with van der Waals surface area (Å²) in [6.45, 7) is 4.64. The summed E-state index contributed by atoms with van der Waals surface area (Å²) < 4.78 is 10.1. The maximum atomic E-state index is 5.74. The third-order valence-electron chi connectivity index (χ3n) is 3.87. The van der Waals surface area contributed by atoms with Crippen molar-refractivity contribution in [2.45, 2.75) is 65.3 Å². The Balaban J connectivity index is 1.60. The third-order valence-corrected chi connectivity index (χ3v) is 3.87. The van der Waals surface area contributed by atoms with Gasteiger partial charge in [-0.2, -0.15) is 0 Å². The van der Waals surface area contributed by atoms with Gasteiger partial charge in [0, 0.05) is 0 Å². The molecule has 3 heteroatoms. The van der Waals surface area contributed by atoms with Crippen molar-refractivity contribution in [2.75, 3.05) is 0 Å². The average Bonchev–Trinajstić information content (AvgIpc) is 3.00. The third kappa shape index (κ3) is 6.44. The second kappa shape index (κ2) is 10.2. The van der Waals surface area contributed by atoms with Crippen LogP contribution in [0.3, 0.4) is 0 Å². The zero-order valence-corrected chi connectivity index (χ0v) is 13.8. The fourth-order valence-corrected chi connectivity index (χ4v) is 2.57. The first kappa shape index (κ1) is 16.8. The minimum absolute atomic E-state index is 0.610. The SMILES string of the molecule is CCCCCCCCn1cc[n+](COCc2ccccc2)c1. The average molecular weight is 301 g/mol. The Bertz CT molecular complexity index is 507. The Morgan fingerprint density at radius 2 is 1.77 bits per heavy atom. The molecule has 120 valence electrons. The lowest BCUT2D eigenvalue weighted by Crippen LogP contribution is -2.32. The first-order chi connectivity index (χ1) is 10.9. The molecule has 0 aliphatic rings. The zero-order valence-electron chi connectivity index (χ0n) is 13.8. The zero-order chi connectivity index (χ0) is 15.5. The van der Waals surface area contributed by atoms with Crippen molar-refractivity contribution < 1.29 is 9.30 Å². The first-order valence-corrected chi connectivity index (χ1v) is 8.55. The van der Waals surface area contributed by atoms with Gasteiger partial charge in [-0.1, -0.05) is 62.9 Å². The predicted octanol–water partition coefficient (Wildman–Crippen LogP) is 4.31. The molecule has 3 nitrogen and oxygen atoms in total. The minimum Gasteiger partial charge on any atom is -0.337 e. The lowest BCUT2D eigenvalue weighted by molar-refractivity contribution is -0.733. The molecule has 0 saturated heterocycles. The number of hydrogen-bond donors (Lipinski definition) is 0. The molecule has 1 aromatic carbocycles. The summed E-state index contributed by atoms with van der Waals surface area (Å²) in [7, 11) is 0. The molecular formula is C19H29N2O+. The maximum Gasteiger partial charge on any atom is 0.245 e. The van der Waals surface area contributed by atoms with Gasteiger partial charge in [0.2, 0.25) is 6.33 Å². The van der Waals surface area contributed by atoms with Gasteiger partial charge in [0.1, 0.15) is 12.4 Å². The topological polar surface area (TPSA) is 18.0 Å². The number of rotatable bonds is 11. The predicted molar refractivity (Wildman–Crippen MR) is 89.2 cm³/mol. The van der Waals surface area contributed by atoms with E-state index in [0.29, 0.717) is 13.3 Å². The van der Waals surface area contributed by atoms with Crippen LogP contribution in [0.5, 0.6) is 0 Å². The smallest absolute Gasteiger partial charge is 0.245 e. The standard InChI is InChI=1S/C19H29N2O/c1-2-3-4-5-6-10-13-20-14-15-21(17-20)18-22-16-19-11-8-7-9-12-19/h7-9,11-12,14-15,17H,2-6,10,13,16,18H2,1H3/q+1. The number of ether oxygens (including phenoxy) is 1. The highest BCUT2D eigenvalue weighted by atomic mass is 16.5. The molecule has 0 atom stereocenters. The highest BCUT2D eigenvalue weighted by molar-refractivity contribution is 5.13. The Morgan fingerprint density at radius 3 is 2.59 bits per heavy atom. The molecule has 0 spiro atoms. The molecule has 0 bridgehead atoms. The van der Waals surface area contributed by atoms with E-state index in [-0.39, 0.29) is 0 Å². The number of unbranched alkanes of at least 4 members (excludes halogenated alkanes) is 5. The van der Waals surface area contributed by atoms with E-state index in [4.69, 9.17) is 4.74 Å². The Kier molecular flexibility index (Phi) is 7.75. The van der Waals surface area contributed by atoms with Crippen LogP contribution in [0.15, 0.2) is 49.1 Å². The number of aromatic nitrogens is 2. The molecule has 2 aromatic rings. The second-order valence-corrected chi connectivity index (χ2v) is 5.90. The molecule has 22 heavy (non-hydrogen) atoms. The highest BCUT2D eigenvalue weighted by Crippen LogP contribution is 2.06. The summed E-state index contributed by atoms with van der Waals surface area (Å²) in [6.07, 6.45) is 14.4. The van der Waals surface area contributed by atoms with E-state index in [1.165, 1.54) is 44.1 Å². The van der Waals surface area contributed by atoms with Gasteiger partial charge in [-0.3, -0.25) is 0 Å². The van der Waals surface area contributed by atoms with Crippen molar-refractivity contribution >= 4 is 0 Å². The van der Waals surface area contributed by atoms with E-state index in [9.17, 15) is 0 Å². The molecule has 0 aliphatic carbocycles. The Hall–Kier alpha value is -1.61. The Labute approximate surface area is 134 Å². The summed E-state index contributed by atoms with van der Waals surface area (Å²) in [4.78, 5) is 0. The summed E-state index contributed by atoms with van der Waals surface area (Å²) in [5, 5.41) is 0. The number of aryl methyl sites for hydroxylation is 1. The van der Waals surface area contributed by atoms with Crippen LogP contribution < -0.4 is 4.57 Å². The molecule has 0 fully saturated rings. The molecule has 0 radical (unpaired) electrons.